The fraction of sp³-hybridized carbons (Fsp3) is 0.0833. The summed E-state index contributed by atoms with van der Waals surface area (Å²) in [5.41, 5.74) is 2.02. The predicted octanol–water partition coefficient (Wildman–Crippen LogP) is 5.81. The van der Waals surface area contributed by atoms with E-state index in [2.05, 4.69) is 4.98 Å². The number of hydrogen-bond donors (Lipinski definition) is 0. The van der Waals surface area contributed by atoms with Gasteiger partial charge in [-0.15, -0.1) is 0 Å². The van der Waals surface area contributed by atoms with E-state index in [1.54, 1.807) is 0 Å². The second-order valence-electron chi connectivity index (χ2n) is 6.40. The SMILES string of the molecule is CC(=O)c1nc2cccc(Oc3ccccc3)c2cc1OCc1ccccc1. The van der Waals surface area contributed by atoms with Gasteiger partial charge in [0.05, 0.1) is 5.52 Å². The van der Waals surface area contributed by atoms with Crippen molar-refractivity contribution in [1.29, 1.82) is 0 Å². The van der Waals surface area contributed by atoms with Crippen LogP contribution in [0.3, 0.4) is 0 Å². The Morgan fingerprint density at radius 1 is 0.857 bits per heavy atom. The zero-order chi connectivity index (χ0) is 19.3. The lowest BCUT2D eigenvalue weighted by Gasteiger charge is -2.13. The highest BCUT2D eigenvalue weighted by molar-refractivity contribution is 5.99. The molecule has 0 amide bonds. The first-order valence-corrected chi connectivity index (χ1v) is 9.05. The first-order valence-electron chi connectivity index (χ1n) is 9.05. The Balaban J connectivity index is 1.73. The van der Waals surface area contributed by atoms with Gasteiger partial charge in [-0.1, -0.05) is 54.6 Å². The first kappa shape index (κ1) is 17.7. The number of rotatable bonds is 6. The number of ketones is 1. The summed E-state index contributed by atoms with van der Waals surface area (Å²) in [5.74, 6) is 1.71. The third-order valence-electron chi connectivity index (χ3n) is 4.33. The number of nitrogens with zero attached hydrogens (tertiary/aromatic N) is 1. The first-order chi connectivity index (χ1) is 13.7. The molecule has 3 aromatic carbocycles. The number of benzene rings is 3. The Hall–Kier alpha value is -3.66. The summed E-state index contributed by atoms with van der Waals surface area (Å²) < 4.78 is 12.0. The van der Waals surface area contributed by atoms with Gasteiger partial charge in [0.25, 0.3) is 0 Å². The van der Waals surface area contributed by atoms with Crippen LogP contribution in [0.1, 0.15) is 23.0 Å². The molecule has 0 bridgehead atoms. The molecule has 0 fully saturated rings. The lowest BCUT2D eigenvalue weighted by molar-refractivity contribution is 0.100. The van der Waals surface area contributed by atoms with E-state index in [4.69, 9.17) is 9.47 Å². The van der Waals surface area contributed by atoms with E-state index >= 15 is 0 Å². The molecule has 0 spiro atoms. The van der Waals surface area contributed by atoms with Crippen LogP contribution in [0, 0.1) is 0 Å². The van der Waals surface area contributed by atoms with Crippen molar-refractivity contribution in [3.05, 3.63) is 96.2 Å². The van der Waals surface area contributed by atoms with E-state index in [1.807, 2.05) is 84.9 Å². The summed E-state index contributed by atoms with van der Waals surface area (Å²) in [4.78, 5) is 16.7. The van der Waals surface area contributed by atoms with Crippen molar-refractivity contribution in [2.24, 2.45) is 0 Å². The Bertz CT molecular complexity index is 1110. The maximum Gasteiger partial charge on any atom is 0.181 e. The fourth-order valence-corrected chi connectivity index (χ4v) is 2.95. The van der Waals surface area contributed by atoms with Crippen molar-refractivity contribution in [1.82, 2.24) is 4.98 Å². The molecule has 0 aliphatic carbocycles. The largest absolute Gasteiger partial charge is 0.486 e. The molecule has 1 heterocycles. The van der Waals surface area contributed by atoms with E-state index in [0.717, 1.165) is 16.7 Å². The van der Waals surface area contributed by atoms with Gasteiger partial charge in [-0.2, -0.15) is 0 Å². The van der Waals surface area contributed by atoms with Crippen molar-refractivity contribution in [3.63, 3.8) is 0 Å². The maximum atomic E-state index is 12.1. The molecule has 0 aliphatic heterocycles. The topological polar surface area (TPSA) is 48.4 Å². The molecule has 0 radical (unpaired) electrons. The van der Waals surface area contributed by atoms with Crippen LogP contribution in [-0.2, 0) is 6.61 Å². The molecule has 0 unspecified atom stereocenters. The molecule has 0 saturated heterocycles. The molecule has 4 heteroatoms. The molecule has 1 aromatic heterocycles. The van der Waals surface area contributed by atoms with Gasteiger partial charge in [-0.3, -0.25) is 4.79 Å². The number of carbonyl (C=O) groups is 1. The van der Waals surface area contributed by atoms with E-state index in [1.165, 1.54) is 6.92 Å². The van der Waals surface area contributed by atoms with Crippen molar-refractivity contribution in [3.8, 4) is 17.2 Å². The van der Waals surface area contributed by atoms with Gasteiger partial charge in [0, 0.05) is 12.3 Å². The van der Waals surface area contributed by atoms with E-state index in [9.17, 15) is 4.79 Å². The fourth-order valence-electron chi connectivity index (χ4n) is 2.95. The summed E-state index contributed by atoms with van der Waals surface area (Å²) in [6.45, 7) is 1.85. The van der Waals surface area contributed by atoms with Gasteiger partial charge >= 0.3 is 0 Å². The van der Waals surface area contributed by atoms with Crippen LogP contribution in [0.2, 0.25) is 0 Å². The van der Waals surface area contributed by atoms with Crippen LogP contribution in [0.4, 0.5) is 0 Å². The minimum absolute atomic E-state index is 0.139. The predicted molar refractivity (Wildman–Crippen MR) is 109 cm³/mol. The van der Waals surface area contributed by atoms with Crippen molar-refractivity contribution in [2.75, 3.05) is 0 Å². The summed E-state index contributed by atoms with van der Waals surface area (Å²) in [6.07, 6.45) is 0. The number of para-hydroxylation sites is 1. The second kappa shape index (κ2) is 7.92. The molecular formula is C24H19NO3. The average molecular weight is 369 g/mol. The minimum atomic E-state index is -0.139. The van der Waals surface area contributed by atoms with E-state index in [0.29, 0.717) is 29.3 Å². The number of hydrogen-bond acceptors (Lipinski definition) is 4. The van der Waals surface area contributed by atoms with Gasteiger partial charge < -0.3 is 9.47 Å². The number of carbonyl (C=O) groups excluding carboxylic acids is 1. The lowest BCUT2D eigenvalue weighted by Crippen LogP contribution is -2.05. The molecule has 0 saturated carbocycles. The van der Waals surface area contributed by atoms with Gasteiger partial charge in [-0.25, -0.2) is 4.98 Å². The van der Waals surface area contributed by atoms with Crippen molar-refractivity contribution >= 4 is 16.7 Å². The monoisotopic (exact) mass is 369 g/mol. The van der Waals surface area contributed by atoms with Crippen LogP contribution in [0.25, 0.3) is 10.9 Å². The highest BCUT2D eigenvalue weighted by atomic mass is 16.5. The maximum absolute atomic E-state index is 12.1. The summed E-state index contributed by atoms with van der Waals surface area (Å²) in [5, 5.41) is 0.791. The van der Waals surface area contributed by atoms with Gasteiger partial charge in [-0.05, 0) is 35.9 Å². The van der Waals surface area contributed by atoms with Gasteiger partial charge in [0.15, 0.2) is 5.78 Å². The highest BCUT2D eigenvalue weighted by Crippen LogP contribution is 2.33. The van der Waals surface area contributed by atoms with Gasteiger partial charge in [0.2, 0.25) is 0 Å². The molecule has 4 aromatic rings. The Morgan fingerprint density at radius 2 is 1.57 bits per heavy atom. The summed E-state index contributed by atoms with van der Waals surface area (Å²) in [6, 6.07) is 26.8. The second-order valence-corrected chi connectivity index (χ2v) is 6.40. The molecular weight excluding hydrogens is 350 g/mol. The zero-order valence-corrected chi connectivity index (χ0v) is 15.5. The molecule has 0 N–H and O–H groups in total. The molecule has 0 atom stereocenters. The number of fused-ring (bicyclic) bond motifs is 1. The normalized spacial score (nSPS) is 10.6. The Morgan fingerprint density at radius 3 is 2.29 bits per heavy atom. The zero-order valence-electron chi connectivity index (χ0n) is 15.5. The standard InChI is InChI=1S/C24H19NO3/c1-17(26)24-23(27-16-18-9-4-2-5-10-18)15-20-21(25-24)13-8-14-22(20)28-19-11-6-3-7-12-19/h2-15H,16H2,1H3. The molecule has 4 rings (SSSR count). The summed E-state index contributed by atoms with van der Waals surface area (Å²) in [7, 11) is 0. The van der Waals surface area contributed by atoms with Crippen LogP contribution < -0.4 is 9.47 Å². The third-order valence-corrected chi connectivity index (χ3v) is 4.33. The minimum Gasteiger partial charge on any atom is -0.486 e. The highest BCUT2D eigenvalue weighted by Gasteiger charge is 2.15. The number of aromatic nitrogens is 1. The third kappa shape index (κ3) is 3.86. The molecule has 28 heavy (non-hydrogen) atoms. The molecule has 4 nitrogen and oxygen atoms in total. The molecule has 0 aliphatic rings. The van der Waals surface area contributed by atoms with Crippen LogP contribution in [-0.4, -0.2) is 10.8 Å². The van der Waals surface area contributed by atoms with E-state index in [-0.39, 0.29) is 5.78 Å². The average Bonchev–Trinajstić information content (AvgIpc) is 2.73. The van der Waals surface area contributed by atoms with Crippen LogP contribution >= 0.6 is 0 Å². The lowest BCUT2D eigenvalue weighted by atomic mass is 10.1. The quantitative estimate of drug-likeness (QED) is 0.403. The Labute approximate surface area is 163 Å². The van der Waals surface area contributed by atoms with Crippen molar-refractivity contribution < 1.29 is 14.3 Å². The number of pyridine rings is 1. The van der Waals surface area contributed by atoms with Crippen LogP contribution in [0.15, 0.2) is 84.9 Å². The van der Waals surface area contributed by atoms with E-state index < -0.39 is 0 Å². The van der Waals surface area contributed by atoms with Crippen molar-refractivity contribution in [2.45, 2.75) is 13.5 Å². The summed E-state index contributed by atoms with van der Waals surface area (Å²) >= 11 is 0. The van der Waals surface area contributed by atoms with Crippen LogP contribution in [0.5, 0.6) is 17.2 Å². The van der Waals surface area contributed by atoms with Gasteiger partial charge in [0.1, 0.15) is 29.5 Å². The number of Topliss-reactive ketones (excluding diaryl/α,β-unsaturated/α-hetero) is 1. The molecule has 138 valence electrons. The number of ether oxygens (including phenoxy) is 2. The Kier molecular flexibility index (Phi) is 5.02. The smallest absolute Gasteiger partial charge is 0.181 e.